The zero-order valence-corrected chi connectivity index (χ0v) is 11.7. The third kappa shape index (κ3) is 3.14. The van der Waals surface area contributed by atoms with Gasteiger partial charge in [0.15, 0.2) is 0 Å². The van der Waals surface area contributed by atoms with Gasteiger partial charge in [0.1, 0.15) is 5.82 Å². The van der Waals surface area contributed by atoms with Gasteiger partial charge in [-0.25, -0.2) is 9.37 Å². The van der Waals surface area contributed by atoms with Crippen LogP contribution in [0.2, 0.25) is 0 Å². The Kier molecular flexibility index (Phi) is 4.43. The summed E-state index contributed by atoms with van der Waals surface area (Å²) in [6, 6.07) is 4.39. The molecule has 94 valence electrons. The fraction of sp³-hybridized carbons (Fsp3) is 0.167. The molecule has 0 aliphatic rings. The van der Waals surface area contributed by atoms with E-state index >= 15 is 0 Å². The van der Waals surface area contributed by atoms with Crippen LogP contribution in [-0.2, 0) is 6.42 Å². The minimum absolute atomic E-state index is 0.191. The van der Waals surface area contributed by atoms with Gasteiger partial charge in [0.25, 0.3) is 5.91 Å². The molecular weight excluding hydrogens is 319 g/mol. The van der Waals surface area contributed by atoms with Gasteiger partial charge in [0.2, 0.25) is 0 Å². The fourth-order valence-corrected chi connectivity index (χ4v) is 2.50. The molecule has 0 radical (unpaired) electrons. The van der Waals surface area contributed by atoms with Gasteiger partial charge < -0.3 is 5.32 Å². The van der Waals surface area contributed by atoms with E-state index in [9.17, 15) is 9.18 Å². The summed E-state index contributed by atoms with van der Waals surface area (Å²) in [4.78, 5) is 15.9. The number of nitrogens with zero attached hydrogens (tertiary/aromatic N) is 1. The first-order valence-corrected chi connectivity index (χ1v) is 6.96. The van der Waals surface area contributed by atoms with Gasteiger partial charge in [-0.2, -0.15) is 0 Å². The molecule has 18 heavy (non-hydrogen) atoms. The Morgan fingerprint density at radius 3 is 3.06 bits per heavy atom. The number of rotatable bonds is 4. The summed E-state index contributed by atoms with van der Waals surface area (Å²) in [7, 11) is 0. The lowest BCUT2D eigenvalue weighted by molar-refractivity contribution is 0.0953. The van der Waals surface area contributed by atoms with E-state index in [1.165, 1.54) is 12.1 Å². The molecule has 0 unspecified atom stereocenters. The van der Waals surface area contributed by atoms with Crippen LogP contribution in [0.3, 0.4) is 0 Å². The molecule has 1 heterocycles. The molecule has 2 rings (SSSR count). The Bertz CT molecular complexity index is 545. The Morgan fingerprint density at radius 1 is 1.50 bits per heavy atom. The average molecular weight is 329 g/mol. The van der Waals surface area contributed by atoms with Gasteiger partial charge in [0, 0.05) is 24.5 Å². The van der Waals surface area contributed by atoms with Crippen molar-refractivity contribution in [3.8, 4) is 0 Å². The molecule has 0 spiro atoms. The standard InChI is InChI=1S/C12H10BrFN2OS/c13-11-8(2-1-3-9(11)14)12(17)16-5-4-10-15-6-7-18-10/h1-3,6-7H,4-5H2,(H,16,17). The Hall–Kier alpha value is -1.27. The smallest absolute Gasteiger partial charge is 0.252 e. The Labute approximate surface area is 116 Å². The summed E-state index contributed by atoms with van der Waals surface area (Å²) in [5.74, 6) is -0.736. The molecule has 3 nitrogen and oxygen atoms in total. The largest absolute Gasteiger partial charge is 0.352 e. The van der Waals surface area contributed by atoms with Crippen LogP contribution in [0.5, 0.6) is 0 Å². The minimum atomic E-state index is -0.442. The third-order valence-electron chi connectivity index (χ3n) is 2.30. The third-order valence-corrected chi connectivity index (χ3v) is 3.95. The first-order chi connectivity index (χ1) is 8.68. The van der Waals surface area contributed by atoms with Crippen LogP contribution in [0.4, 0.5) is 4.39 Å². The minimum Gasteiger partial charge on any atom is -0.352 e. The van der Waals surface area contributed by atoms with Crippen LogP contribution in [0.15, 0.2) is 34.2 Å². The van der Waals surface area contributed by atoms with Gasteiger partial charge in [-0.05, 0) is 28.1 Å². The Morgan fingerprint density at radius 2 is 2.33 bits per heavy atom. The number of benzene rings is 1. The number of amides is 1. The van der Waals surface area contributed by atoms with Crippen molar-refractivity contribution >= 4 is 33.2 Å². The van der Waals surface area contributed by atoms with Crippen LogP contribution < -0.4 is 5.32 Å². The molecule has 0 saturated heterocycles. The molecule has 6 heteroatoms. The van der Waals surface area contributed by atoms with E-state index in [1.807, 2.05) is 5.38 Å². The summed E-state index contributed by atoms with van der Waals surface area (Å²) < 4.78 is 13.4. The number of carbonyl (C=O) groups is 1. The molecule has 0 saturated carbocycles. The summed E-state index contributed by atoms with van der Waals surface area (Å²) >= 11 is 4.61. The number of aromatic nitrogens is 1. The highest BCUT2D eigenvalue weighted by molar-refractivity contribution is 9.10. The number of thiazole rings is 1. The van der Waals surface area contributed by atoms with Crippen LogP contribution in [0.25, 0.3) is 0 Å². The molecule has 1 aromatic carbocycles. The van der Waals surface area contributed by atoms with Gasteiger partial charge >= 0.3 is 0 Å². The van der Waals surface area contributed by atoms with Crippen molar-refractivity contribution in [1.29, 1.82) is 0 Å². The van der Waals surface area contributed by atoms with E-state index < -0.39 is 5.82 Å². The summed E-state index contributed by atoms with van der Waals surface area (Å²) in [6.07, 6.45) is 2.40. The molecule has 0 aliphatic carbocycles. The van der Waals surface area contributed by atoms with Crippen LogP contribution in [0, 0.1) is 5.82 Å². The van der Waals surface area contributed by atoms with Crippen molar-refractivity contribution < 1.29 is 9.18 Å². The van der Waals surface area contributed by atoms with Crippen molar-refractivity contribution in [2.24, 2.45) is 0 Å². The number of nitrogens with one attached hydrogen (secondary N) is 1. The van der Waals surface area contributed by atoms with Gasteiger partial charge in [0.05, 0.1) is 15.0 Å². The van der Waals surface area contributed by atoms with Crippen LogP contribution >= 0.6 is 27.3 Å². The second kappa shape index (κ2) is 6.06. The predicted octanol–water partition coefficient (Wildman–Crippen LogP) is 3.02. The quantitative estimate of drug-likeness (QED) is 0.937. The Balaban J connectivity index is 1.93. The summed E-state index contributed by atoms with van der Waals surface area (Å²) in [5, 5.41) is 5.59. The second-order valence-corrected chi connectivity index (χ2v) is 5.31. The number of halogens is 2. The lowest BCUT2D eigenvalue weighted by Gasteiger charge is -2.06. The highest BCUT2D eigenvalue weighted by Crippen LogP contribution is 2.20. The second-order valence-electron chi connectivity index (χ2n) is 3.53. The van der Waals surface area contributed by atoms with Gasteiger partial charge in [-0.1, -0.05) is 6.07 Å². The number of hydrogen-bond donors (Lipinski definition) is 1. The highest BCUT2D eigenvalue weighted by Gasteiger charge is 2.12. The van der Waals surface area contributed by atoms with Gasteiger partial charge in [-0.15, -0.1) is 11.3 Å². The molecule has 0 bridgehead atoms. The lowest BCUT2D eigenvalue weighted by Crippen LogP contribution is -2.26. The molecule has 0 fully saturated rings. The average Bonchev–Trinajstić information content (AvgIpc) is 2.85. The monoisotopic (exact) mass is 328 g/mol. The SMILES string of the molecule is O=C(NCCc1nccs1)c1cccc(F)c1Br. The lowest BCUT2D eigenvalue weighted by atomic mass is 10.2. The van der Waals surface area contributed by atoms with E-state index in [4.69, 9.17) is 0 Å². The summed E-state index contributed by atoms with van der Waals surface area (Å²) in [5.41, 5.74) is 0.300. The van der Waals surface area contributed by atoms with Gasteiger partial charge in [-0.3, -0.25) is 4.79 Å². The molecule has 2 aromatic rings. The molecule has 1 amide bonds. The maximum Gasteiger partial charge on any atom is 0.252 e. The predicted molar refractivity (Wildman–Crippen MR) is 72.3 cm³/mol. The fourth-order valence-electron chi connectivity index (χ4n) is 1.43. The molecular formula is C12H10BrFN2OS. The zero-order valence-electron chi connectivity index (χ0n) is 9.32. The van der Waals surface area contributed by atoms with E-state index in [2.05, 4.69) is 26.2 Å². The van der Waals surface area contributed by atoms with E-state index in [0.717, 1.165) is 5.01 Å². The normalized spacial score (nSPS) is 10.3. The van der Waals surface area contributed by atoms with Crippen molar-refractivity contribution in [1.82, 2.24) is 10.3 Å². The van der Waals surface area contributed by atoms with Crippen LogP contribution in [0.1, 0.15) is 15.4 Å². The van der Waals surface area contributed by atoms with Crippen molar-refractivity contribution in [2.45, 2.75) is 6.42 Å². The first kappa shape index (κ1) is 13.2. The molecule has 1 aromatic heterocycles. The first-order valence-electron chi connectivity index (χ1n) is 5.29. The molecule has 0 atom stereocenters. The summed E-state index contributed by atoms with van der Waals surface area (Å²) in [6.45, 7) is 0.481. The highest BCUT2D eigenvalue weighted by atomic mass is 79.9. The van der Waals surface area contributed by atoms with E-state index in [1.54, 1.807) is 23.6 Å². The maximum absolute atomic E-state index is 13.2. The van der Waals surface area contributed by atoms with Crippen molar-refractivity contribution in [3.63, 3.8) is 0 Å². The van der Waals surface area contributed by atoms with E-state index in [0.29, 0.717) is 18.5 Å². The zero-order chi connectivity index (χ0) is 13.0. The van der Waals surface area contributed by atoms with E-state index in [-0.39, 0.29) is 10.4 Å². The van der Waals surface area contributed by atoms with Crippen molar-refractivity contribution in [2.75, 3.05) is 6.54 Å². The maximum atomic E-state index is 13.2. The molecule has 0 aliphatic heterocycles. The van der Waals surface area contributed by atoms with Crippen LogP contribution in [-0.4, -0.2) is 17.4 Å². The number of hydrogen-bond acceptors (Lipinski definition) is 3. The van der Waals surface area contributed by atoms with Crippen molar-refractivity contribution in [3.05, 3.63) is 50.6 Å². The number of carbonyl (C=O) groups excluding carboxylic acids is 1. The topological polar surface area (TPSA) is 42.0 Å². The molecule has 1 N–H and O–H groups in total.